The molecule has 0 aromatic heterocycles. The lowest BCUT2D eigenvalue weighted by Gasteiger charge is -2.12. The first-order valence-electron chi connectivity index (χ1n) is 11.3. The normalized spacial score (nSPS) is 11.4. The van der Waals surface area contributed by atoms with Crippen LogP contribution in [0.4, 0.5) is 18.9 Å². The molecule has 0 unspecified atom stereocenters. The van der Waals surface area contributed by atoms with Crippen molar-refractivity contribution >= 4 is 34.5 Å². The van der Waals surface area contributed by atoms with E-state index in [4.69, 9.17) is 4.74 Å². The molecule has 0 fully saturated rings. The second-order valence-corrected chi connectivity index (χ2v) is 8.07. The molecule has 0 radical (unpaired) electrons. The second-order valence-electron chi connectivity index (χ2n) is 8.07. The third-order valence-corrected chi connectivity index (χ3v) is 5.35. The number of hydrogen-bond donors (Lipinski definition) is 2. The zero-order valence-corrected chi connectivity index (χ0v) is 19.5. The summed E-state index contributed by atoms with van der Waals surface area (Å²) in [6, 6.07) is 25.1. The Kier molecular flexibility index (Phi) is 7.83. The Morgan fingerprint density at radius 3 is 2.41 bits per heavy atom. The number of fused-ring (bicyclic) bond motifs is 1. The average Bonchev–Trinajstić information content (AvgIpc) is 2.88. The van der Waals surface area contributed by atoms with Gasteiger partial charge in [-0.2, -0.15) is 18.3 Å². The molecule has 37 heavy (non-hydrogen) atoms. The van der Waals surface area contributed by atoms with Crippen molar-refractivity contribution in [1.82, 2.24) is 5.43 Å². The summed E-state index contributed by atoms with van der Waals surface area (Å²) in [5, 5.41) is 8.07. The predicted octanol–water partition coefficient (Wildman–Crippen LogP) is 5.92. The number of nitrogens with zero attached hydrogens (tertiary/aromatic N) is 1. The highest BCUT2D eigenvalue weighted by atomic mass is 19.4. The van der Waals surface area contributed by atoms with Gasteiger partial charge in [-0.15, -0.1) is 0 Å². The first kappa shape index (κ1) is 25.4. The van der Waals surface area contributed by atoms with E-state index < -0.39 is 30.0 Å². The molecular weight excluding hydrogens is 483 g/mol. The van der Waals surface area contributed by atoms with Crippen molar-refractivity contribution < 1.29 is 27.5 Å². The average molecular weight is 505 g/mol. The number of ether oxygens (including phenoxy) is 1. The van der Waals surface area contributed by atoms with Gasteiger partial charge in [-0.05, 0) is 40.6 Å². The topological polar surface area (TPSA) is 79.8 Å². The molecule has 0 saturated carbocycles. The third-order valence-electron chi connectivity index (χ3n) is 5.35. The van der Waals surface area contributed by atoms with Crippen LogP contribution in [-0.4, -0.2) is 18.0 Å². The molecule has 0 aliphatic heterocycles. The van der Waals surface area contributed by atoms with Gasteiger partial charge < -0.3 is 10.1 Å². The Morgan fingerprint density at radius 1 is 0.865 bits per heavy atom. The zero-order valence-electron chi connectivity index (χ0n) is 19.5. The predicted molar refractivity (Wildman–Crippen MR) is 135 cm³/mol. The number of alkyl halides is 3. The van der Waals surface area contributed by atoms with Gasteiger partial charge in [0.1, 0.15) is 18.8 Å². The number of rotatable bonds is 8. The van der Waals surface area contributed by atoms with Crippen molar-refractivity contribution in [3.8, 4) is 5.75 Å². The molecule has 188 valence electrons. The highest BCUT2D eigenvalue weighted by Crippen LogP contribution is 2.31. The van der Waals surface area contributed by atoms with Gasteiger partial charge in [-0.3, -0.25) is 9.59 Å². The fourth-order valence-electron chi connectivity index (χ4n) is 3.60. The van der Waals surface area contributed by atoms with Gasteiger partial charge in [-0.25, -0.2) is 5.43 Å². The summed E-state index contributed by atoms with van der Waals surface area (Å²) >= 11 is 0. The molecule has 4 rings (SSSR count). The number of hydrazone groups is 1. The van der Waals surface area contributed by atoms with Gasteiger partial charge in [0.25, 0.3) is 0 Å². The summed E-state index contributed by atoms with van der Waals surface area (Å²) in [7, 11) is 0. The minimum atomic E-state index is -4.54. The van der Waals surface area contributed by atoms with E-state index in [0.29, 0.717) is 17.9 Å². The lowest BCUT2D eigenvalue weighted by molar-refractivity contribution is -0.137. The zero-order chi connectivity index (χ0) is 26.3. The summed E-state index contributed by atoms with van der Waals surface area (Å²) < 4.78 is 44.6. The SMILES string of the molecule is O=C(CC(=O)Nc1cccc(C(F)(F)F)c1)NN=Cc1c(OCc2ccccc2)ccc2ccccc12. The Hall–Kier alpha value is -4.66. The summed E-state index contributed by atoms with van der Waals surface area (Å²) in [5.41, 5.74) is 2.94. The molecule has 4 aromatic rings. The molecule has 2 N–H and O–H groups in total. The Bertz CT molecular complexity index is 1440. The van der Waals surface area contributed by atoms with Crippen LogP contribution in [0.15, 0.2) is 96.1 Å². The number of amides is 2. The van der Waals surface area contributed by atoms with E-state index in [2.05, 4.69) is 15.8 Å². The third kappa shape index (κ3) is 6.94. The Labute approximate surface area is 210 Å². The first-order valence-corrected chi connectivity index (χ1v) is 11.3. The van der Waals surface area contributed by atoms with E-state index >= 15 is 0 Å². The van der Waals surface area contributed by atoms with Crippen molar-refractivity contribution in [3.05, 3.63) is 108 Å². The number of benzene rings is 4. The summed E-state index contributed by atoms with van der Waals surface area (Å²) in [4.78, 5) is 24.4. The largest absolute Gasteiger partial charge is 0.488 e. The summed E-state index contributed by atoms with van der Waals surface area (Å²) in [5.74, 6) is -0.945. The maximum absolute atomic E-state index is 12.9. The van der Waals surface area contributed by atoms with E-state index in [9.17, 15) is 22.8 Å². The number of anilines is 1. The van der Waals surface area contributed by atoms with Crippen LogP contribution in [0, 0.1) is 0 Å². The minimum absolute atomic E-state index is 0.0629. The maximum atomic E-state index is 12.9. The van der Waals surface area contributed by atoms with Crippen molar-refractivity contribution in [2.45, 2.75) is 19.2 Å². The van der Waals surface area contributed by atoms with E-state index in [1.54, 1.807) is 0 Å². The van der Waals surface area contributed by atoms with Gasteiger partial charge in [0.2, 0.25) is 11.8 Å². The molecule has 0 atom stereocenters. The molecule has 0 aliphatic rings. The number of nitrogens with one attached hydrogen (secondary N) is 2. The lowest BCUT2D eigenvalue weighted by Crippen LogP contribution is -2.24. The summed E-state index contributed by atoms with van der Waals surface area (Å²) in [6.07, 6.45) is -3.73. The molecule has 6 nitrogen and oxygen atoms in total. The van der Waals surface area contributed by atoms with Crippen LogP contribution in [-0.2, 0) is 22.4 Å². The molecule has 0 spiro atoms. The molecule has 0 bridgehead atoms. The van der Waals surface area contributed by atoms with Crippen LogP contribution < -0.4 is 15.5 Å². The van der Waals surface area contributed by atoms with Gasteiger partial charge in [0.15, 0.2) is 0 Å². The Balaban J connectivity index is 1.42. The second kappa shape index (κ2) is 11.4. The van der Waals surface area contributed by atoms with Crippen LogP contribution in [0.1, 0.15) is 23.1 Å². The fourth-order valence-corrected chi connectivity index (χ4v) is 3.60. The molecule has 2 amide bonds. The quantitative estimate of drug-likeness (QED) is 0.177. The van der Waals surface area contributed by atoms with E-state index in [-0.39, 0.29) is 5.69 Å². The highest BCUT2D eigenvalue weighted by molar-refractivity contribution is 6.05. The fraction of sp³-hybridized carbons (Fsp3) is 0.107. The smallest absolute Gasteiger partial charge is 0.416 e. The molecule has 0 saturated heterocycles. The monoisotopic (exact) mass is 505 g/mol. The lowest BCUT2D eigenvalue weighted by atomic mass is 10.0. The Morgan fingerprint density at radius 2 is 1.62 bits per heavy atom. The highest BCUT2D eigenvalue weighted by Gasteiger charge is 2.30. The number of hydrogen-bond acceptors (Lipinski definition) is 4. The number of halogens is 3. The van der Waals surface area contributed by atoms with Crippen molar-refractivity contribution in [2.24, 2.45) is 5.10 Å². The maximum Gasteiger partial charge on any atom is 0.416 e. The minimum Gasteiger partial charge on any atom is -0.488 e. The first-order chi connectivity index (χ1) is 17.8. The molecule has 0 heterocycles. The molecular formula is C28H22F3N3O3. The van der Waals surface area contributed by atoms with Gasteiger partial charge >= 0.3 is 6.18 Å². The number of carbonyl (C=O) groups is 2. The van der Waals surface area contributed by atoms with Crippen molar-refractivity contribution in [1.29, 1.82) is 0 Å². The van der Waals surface area contributed by atoms with Crippen LogP contribution >= 0.6 is 0 Å². The summed E-state index contributed by atoms with van der Waals surface area (Å²) in [6.45, 7) is 0.335. The van der Waals surface area contributed by atoms with Crippen LogP contribution in [0.2, 0.25) is 0 Å². The van der Waals surface area contributed by atoms with Crippen molar-refractivity contribution in [3.63, 3.8) is 0 Å². The standard InChI is InChI=1S/C28H22F3N3O3/c29-28(30,31)21-10-6-11-22(15-21)33-26(35)16-27(36)34-32-17-24-23-12-5-4-9-20(23)13-14-25(24)37-18-19-7-2-1-3-8-19/h1-15,17H,16,18H2,(H,33,35)(H,34,36). The molecule has 4 aromatic carbocycles. The van der Waals surface area contributed by atoms with E-state index in [0.717, 1.165) is 28.5 Å². The van der Waals surface area contributed by atoms with Crippen LogP contribution in [0.25, 0.3) is 10.8 Å². The van der Waals surface area contributed by atoms with Crippen LogP contribution in [0.5, 0.6) is 5.75 Å². The van der Waals surface area contributed by atoms with Crippen LogP contribution in [0.3, 0.4) is 0 Å². The van der Waals surface area contributed by atoms with E-state index in [1.165, 1.54) is 18.3 Å². The van der Waals surface area contributed by atoms with Crippen molar-refractivity contribution in [2.75, 3.05) is 5.32 Å². The number of carbonyl (C=O) groups excluding carboxylic acids is 2. The molecule has 9 heteroatoms. The van der Waals surface area contributed by atoms with Gasteiger partial charge in [0, 0.05) is 11.3 Å². The van der Waals surface area contributed by atoms with Gasteiger partial charge in [-0.1, -0.05) is 66.7 Å². The van der Waals surface area contributed by atoms with E-state index in [1.807, 2.05) is 66.7 Å². The van der Waals surface area contributed by atoms with Gasteiger partial charge in [0.05, 0.1) is 11.8 Å². The molecule has 0 aliphatic carbocycles.